The molecule has 2 nitrogen and oxygen atoms in total. The van der Waals surface area contributed by atoms with E-state index in [0.717, 1.165) is 33.3 Å². The summed E-state index contributed by atoms with van der Waals surface area (Å²) in [6.07, 6.45) is 7.53. The van der Waals surface area contributed by atoms with E-state index >= 15 is 0 Å². The molecule has 31 heavy (non-hydrogen) atoms. The topological polar surface area (TPSA) is 26.3 Å². The number of benzene rings is 3. The normalized spacial score (nSPS) is 16.0. The third-order valence-electron chi connectivity index (χ3n) is 5.80. The highest BCUT2D eigenvalue weighted by atomic mass is 32.3. The first kappa shape index (κ1) is 21.5. The fourth-order valence-corrected chi connectivity index (χ4v) is 7.53. The Bertz CT molecular complexity index is 910. The van der Waals surface area contributed by atoms with Crippen LogP contribution in [0.5, 0.6) is 0 Å². The summed E-state index contributed by atoms with van der Waals surface area (Å²) in [5.74, 6) is 1.18. The molecule has 3 aromatic rings. The van der Waals surface area contributed by atoms with Crippen LogP contribution in [0.4, 0.5) is 0 Å². The molecule has 160 valence electrons. The lowest BCUT2D eigenvalue weighted by Crippen LogP contribution is -2.16. The van der Waals surface area contributed by atoms with Crippen molar-refractivity contribution in [1.29, 1.82) is 0 Å². The largest absolute Gasteiger partial charge is 0.440 e. The quantitative estimate of drug-likeness (QED) is 0.281. The molecule has 4 rings (SSSR count). The van der Waals surface area contributed by atoms with Gasteiger partial charge in [-0.25, -0.2) is 0 Å². The van der Waals surface area contributed by atoms with E-state index in [9.17, 15) is 4.79 Å². The maximum Gasteiger partial charge on any atom is 0.156 e. The summed E-state index contributed by atoms with van der Waals surface area (Å²) in [6, 6.07) is 31.5. The van der Waals surface area contributed by atoms with E-state index in [2.05, 4.69) is 72.8 Å². The standard InChI is InChI=1S/C28H30O2S/c1-23(29)22-28(24-14-6-2-7-15-24)30-31(25-16-8-3-9-17-25,26-18-10-4-11-19-26)27-20-12-5-13-21-27/h3-5,8-13,16-22,24H,2,6-7,14-15H2,1H3/b28-22+. The van der Waals surface area contributed by atoms with E-state index in [4.69, 9.17) is 4.18 Å². The highest BCUT2D eigenvalue weighted by Crippen LogP contribution is 2.70. The number of carbonyl (C=O) groups excluding carboxylic acids is 1. The lowest BCUT2D eigenvalue weighted by Gasteiger charge is -2.43. The van der Waals surface area contributed by atoms with Crippen molar-refractivity contribution in [3.8, 4) is 0 Å². The summed E-state index contributed by atoms with van der Waals surface area (Å²) in [5, 5.41) is 0. The van der Waals surface area contributed by atoms with Gasteiger partial charge in [0.1, 0.15) is 5.76 Å². The van der Waals surface area contributed by atoms with Gasteiger partial charge in [-0.15, -0.1) is 0 Å². The molecular weight excluding hydrogens is 400 g/mol. The molecule has 0 spiro atoms. The molecule has 0 aromatic heterocycles. The minimum absolute atomic E-state index is 0.0445. The van der Waals surface area contributed by atoms with Gasteiger partial charge in [0, 0.05) is 26.7 Å². The van der Waals surface area contributed by atoms with Crippen molar-refractivity contribution >= 4 is 16.1 Å². The molecule has 0 heterocycles. The zero-order chi connectivity index (χ0) is 21.5. The molecule has 1 saturated carbocycles. The number of carbonyl (C=O) groups is 1. The molecule has 0 bridgehead atoms. The van der Waals surface area contributed by atoms with Crippen LogP contribution >= 0.6 is 10.3 Å². The Hall–Kier alpha value is -2.78. The molecule has 0 aliphatic heterocycles. The summed E-state index contributed by atoms with van der Waals surface area (Å²) in [6.45, 7) is 1.62. The van der Waals surface area contributed by atoms with Crippen LogP contribution in [0.15, 0.2) is 118 Å². The summed E-state index contributed by atoms with van der Waals surface area (Å²) in [4.78, 5) is 15.7. The molecule has 0 saturated heterocycles. The average Bonchev–Trinajstić information content (AvgIpc) is 2.84. The zero-order valence-electron chi connectivity index (χ0n) is 18.1. The summed E-state index contributed by atoms with van der Waals surface area (Å²) < 4.78 is 7.17. The van der Waals surface area contributed by atoms with Crippen LogP contribution in [0.25, 0.3) is 0 Å². The van der Waals surface area contributed by atoms with Gasteiger partial charge in [0.15, 0.2) is 5.78 Å². The van der Waals surface area contributed by atoms with Crippen molar-refractivity contribution in [3.05, 3.63) is 103 Å². The molecule has 1 aliphatic rings. The van der Waals surface area contributed by atoms with E-state index in [1.807, 2.05) is 18.2 Å². The first-order valence-corrected chi connectivity index (χ1v) is 12.7. The average molecular weight is 431 g/mol. The van der Waals surface area contributed by atoms with Gasteiger partial charge >= 0.3 is 0 Å². The molecule has 3 aromatic carbocycles. The Morgan fingerprint density at radius 1 is 0.742 bits per heavy atom. The number of hydrogen-bond acceptors (Lipinski definition) is 2. The van der Waals surface area contributed by atoms with Crippen molar-refractivity contribution in [2.75, 3.05) is 0 Å². The number of allylic oxidation sites excluding steroid dienone is 2. The van der Waals surface area contributed by atoms with Crippen LogP contribution in [-0.4, -0.2) is 5.78 Å². The predicted octanol–water partition coefficient (Wildman–Crippen LogP) is 7.95. The zero-order valence-corrected chi connectivity index (χ0v) is 18.9. The molecule has 0 radical (unpaired) electrons. The Balaban J connectivity index is 1.94. The first-order valence-electron chi connectivity index (χ1n) is 11.1. The van der Waals surface area contributed by atoms with E-state index in [1.54, 1.807) is 13.0 Å². The first-order chi connectivity index (χ1) is 15.2. The Kier molecular flexibility index (Phi) is 6.93. The van der Waals surface area contributed by atoms with Crippen LogP contribution < -0.4 is 0 Å². The predicted molar refractivity (Wildman–Crippen MR) is 128 cm³/mol. The SMILES string of the molecule is CC(=O)/C=C(/OS(c1ccccc1)(c1ccccc1)c1ccccc1)C1CCCCC1. The molecular formula is C28H30O2S. The smallest absolute Gasteiger partial charge is 0.156 e. The summed E-state index contributed by atoms with van der Waals surface area (Å²) in [5.41, 5.74) is 0. The van der Waals surface area contributed by atoms with Gasteiger partial charge in [0.25, 0.3) is 0 Å². The molecule has 0 unspecified atom stereocenters. The van der Waals surface area contributed by atoms with E-state index in [0.29, 0.717) is 5.92 Å². The second-order valence-electron chi connectivity index (χ2n) is 8.07. The minimum Gasteiger partial charge on any atom is -0.440 e. The van der Waals surface area contributed by atoms with Gasteiger partial charge in [-0.05, 0) is 66.5 Å². The van der Waals surface area contributed by atoms with Gasteiger partial charge < -0.3 is 4.18 Å². The van der Waals surface area contributed by atoms with Crippen LogP contribution in [0.2, 0.25) is 0 Å². The summed E-state index contributed by atoms with van der Waals surface area (Å²) in [7, 11) is -2.05. The van der Waals surface area contributed by atoms with Crippen molar-refractivity contribution in [1.82, 2.24) is 0 Å². The molecule has 0 N–H and O–H groups in total. The molecule has 3 heteroatoms. The maximum atomic E-state index is 12.2. The monoisotopic (exact) mass is 430 g/mol. The molecule has 1 fully saturated rings. The Morgan fingerprint density at radius 3 is 1.55 bits per heavy atom. The number of hydrogen-bond donors (Lipinski definition) is 0. The van der Waals surface area contributed by atoms with Gasteiger partial charge in [-0.3, -0.25) is 4.79 Å². The maximum absolute atomic E-state index is 12.2. The van der Waals surface area contributed by atoms with Crippen molar-refractivity contribution in [3.63, 3.8) is 0 Å². The van der Waals surface area contributed by atoms with Crippen molar-refractivity contribution < 1.29 is 8.98 Å². The van der Waals surface area contributed by atoms with Crippen LogP contribution in [0.3, 0.4) is 0 Å². The summed E-state index contributed by atoms with van der Waals surface area (Å²) >= 11 is 0. The third-order valence-corrected chi connectivity index (χ3v) is 9.05. The lowest BCUT2D eigenvalue weighted by atomic mass is 9.87. The van der Waals surface area contributed by atoms with E-state index < -0.39 is 10.3 Å². The van der Waals surface area contributed by atoms with Crippen molar-refractivity contribution in [2.24, 2.45) is 5.92 Å². The van der Waals surface area contributed by atoms with Gasteiger partial charge in [-0.2, -0.15) is 0 Å². The van der Waals surface area contributed by atoms with Gasteiger partial charge in [0.05, 0.1) is 0 Å². The second kappa shape index (κ2) is 10.0. The third kappa shape index (κ3) is 4.77. The molecule has 0 atom stereocenters. The van der Waals surface area contributed by atoms with Crippen LogP contribution in [0, 0.1) is 5.92 Å². The minimum atomic E-state index is -2.05. The molecule has 1 aliphatic carbocycles. The molecule has 0 amide bonds. The Labute approximate surface area is 187 Å². The van der Waals surface area contributed by atoms with Crippen LogP contribution in [0.1, 0.15) is 39.0 Å². The van der Waals surface area contributed by atoms with Crippen molar-refractivity contribution in [2.45, 2.75) is 53.7 Å². The number of rotatable bonds is 7. The van der Waals surface area contributed by atoms with E-state index in [1.165, 1.54) is 19.3 Å². The van der Waals surface area contributed by atoms with E-state index in [-0.39, 0.29) is 5.78 Å². The number of ketones is 1. The highest BCUT2D eigenvalue weighted by molar-refractivity contribution is 8.30. The highest BCUT2D eigenvalue weighted by Gasteiger charge is 2.36. The van der Waals surface area contributed by atoms with Crippen LogP contribution in [-0.2, 0) is 8.98 Å². The Morgan fingerprint density at radius 2 is 1.16 bits per heavy atom. The fourth-order valence-electron chi connectivity index (χ4n) is 4.33. The fraction of sp³-hybridized carbons (Fsp3) is 0.250. The van der Waals surface area contributed by atoms with Gasteiger partial charge in [-0.1, -0.05) is 73.9 Å². The lowest BCUT2D eigenvalue weighted by molar-refractivity contribution is -0.112. The second-order valence-corrected chi connectivity index (χ2v) is 10.8. The van der Waals surface area contributed by atoms with Gasteiger partial charge in [0.2, 0.25) is 0 Å².